The van der Waals surface area contributed by atoms with Crippen molar-refractivity contribution in [3.05, 3.63) is 45.4 Å². The van der Waals surface area contributed by atoms with E-state index in [0.717, 1.165) is 11.8 Å². The van der Waals surface area contributed by atoms with Crippen LogP contribution < -0.4 is 4.74 Å². The number of fused-ring (bicyclic) bond motifs is 1. The number of hydrogen-bond acceptors (Lipinski definition) is 9. The molecule has 0 radical (unpaired) electrons. The van der Waals surface area contributed by atoms with Crippen LogP contribution in [0.1, 0.15) is 10.5 Å². The lowest BCUT2D eigenvalue weighted by Crippen LogP contribution is -2.06. The average molecular weight is 439 g/mol. The highest BCUT2D eigenvalue weighted by Crippen LogP contribution is 2.38. The number of methoxy groups -OCH3 is 2. The van der Waals surface area contributed by atoms with Crippen LogP contribution in [0.15, 0.2) is 29.3 Å². The number of nitro benzene ring substituents is 1. The number of aromatic nitrogens is 3. The number of halogens is 1. The lowest BCUT2D eigenvalue weighted by atomic mass is 10.2. The molecule has 0 saturated carbocycles. The van der Waals surface area contributed by atoms with Gasteiger partial charge in [-0.2, -0.15) is 5.10 Å². The van der Waals surface area contributed by atoms with Gasteiger partial charge in [0, 0.05) is 18.0 Å². The van der Waals surface area contributed by atoms with Crippen LogP contribution >= 0.6 is 23.4 Å². The molecule has 0 atom stereocenters. The standard InChI is InChI=1S/C17H15ClN4O6S/c1-27-13-5-12(22(25)26)14(29-4-3-23)6-11(13)21-10-7-15(18)19-8-9(10)16(20-21)17(24)28-2/h5-8,23H,3-4H2,1-2H3. The molecule has 1 aromatic carbocycles. The average Bonchev–Trinajstić information content (AvgIpc) is 3.09. The topological polar surface area (TPSA) is 130 Å². The van der Waals surface area contributed by atoms with Gasteiger partial charge < -0.3 is 14.6 Å². The third kappa shape index (κ3) is 3.97. The number of pyridine rings is 1. The molecule has 0 saturated heterocycles. The highest BCUT2D eigenvalue weighted by atomic mass is 35.5. The molecule has 0 aliphatic heterocycles. The van der Waals surface area contributed by atoms with E-state index in [1.54, 1.807) is 0 Å². The fraction of sp³-hybridized carbons (Fsp3) is 0.235. The Morgan fingerprint density at radius 1 is 1.38 bits per heavy atom. The van der Waals surface area contributed by atoms with Gasteiger partial charge in [-0.1, -0.05) is 11.6 Å². The van der Waals surface area contributed by atoms with E-state index in [4.69, 9.17) is 26.2 Å². The summed E-state index contributed by atoms with van der Waals surface area (Å²) >= 11 is 7.13. The number of ether oxygens (including phenoxy) is 2. The lowest BCUT2D eigenvalue weighted by Gasteiger charge is -2.12. The molecule has 2 heterocycles. The van der Waals surface area contributed by atoms with E-state index in [1.807, 2.05) is 0 Å². The predicted molar refractivity (Wildman–Crippen MR) is 106 cm³/mol. The van der Waals surface area contributed by atoms with Crippen molar-refractivity contribution in [1.29, 1.82) is 0 Å². The molecule has 0 fully saturated rings. The van der Waals surface area contributed by atoms with E-state index in [2.05, 4.69) is 10.1 Å². The van der Waals surface area contributed by atoms with Crippen molar-refractivity contribution in [3.8, 4) is 11.4 Å². The second-order valence-electron chi connectivity index (χ2n) is 5.60. The number of aliphatic hydroxyl groups is 1. The van der Waals surface area contributed by atoms with Gasteiger partial charge in [0.1, 0.15) is 10.8 Å². The summed E-state index contributed by atoms with van der Waals surface area (Å²) in [6, 6.07) is 4.29. The van der Waals surface area contributed by atoms with Crippen molar-refractivity contribution in [3.63, 3.8) is 0 Å². The monoisotopic (exact) mass is 438 g/mol. The minimum absolute atomic E-state index is 0.0108. The number of thioether (sulfide) groups is 1. The molecule has 1 N–H and O–H groups in total. The van der Waals surface area contributed by atoms with Gasteiger partial charge in [-0.15, -0.1) is 11.8 Å². The number of esters is 1. The molecule has 10 nitrogen and oxygen atoms in total. The molecule has 0 spiro atoms. The molecule has 3 rings (SSSR count). The normalized spacial score (nSPS) is 10.9. The predicted octanol–water partition coefficient (Wildman–Crippen LogP) is 2.86. The highest BCUT2D eigenvalue weighted by molar-refractivity contribution is 7.99. The molecule has 0 unspecified atom stereocenters. The van der Waals surface area contributed by atoms with Crippen LogP contribution in [0.4, 0.5) is 5.69 Å². The lowest BCUT2D eigenvalue weighted by molar-refractivity contribution is -0.387. The molecule has 0 aliphatic rings. The van der Waals surface area contributed by atoms with E-state index in [1.165, 1.54) is 43.3 Å². The maximum atomic E-state index is 12.2. The van der Waals surface area contributed by atoms with Crippen LogP contribution in [0.3, 0.4) is 0 Å². The number of hydrogen-bond donors (Lipinski definition) is 1. The molecular weight excluding hydrogens is 424 g/mol. The van der Waals surface area contributed by atoms with Crippen LogP contribution in [0.2, 0.25) is 5.15 Å². The van der Waals surface area contributed by atoms with Crippen LogP contribution in [0, 0.1) is 10.1 Å². The minimum Gasteiger partial charge on any atom is -0.494 e. The van der Waals surface area contributed by atoms with Crippen molar-refractivity contribution in [2.24, 2.45) is 0 Å². The van der Waals surface area contributed by atoms with Crippen molar-refractivity contribution in [2.45, 2.75) is 4.90 Å². The summed E-state index contributed by atoms with van der Waals surface area (Å²) in [6.45, 7) is -0.151. The summed E-state index contributed by atoms with van der Waals surface area (Å²) in [6.07, 6.45) is 1.40. The molecule has 0 bridgehead atoms. The van der Waals surface area contributed by atoms with Crippen LogP contribution in [0.5, 0.6) is 5.75 Å². The van der Waals surface area contributed by atoms with Crippen LogP contribution in [0.25, 0.3) is 16.6 Å². The van der Waals surface area contributed by atoms with E-state index >= 15 is 0 Å². The van der Waals surface area contributed by atoms with Gasteiger partial charge in [-0.25, -0.2) is 14.5 Å². The smallest absolute Gasteiger partial charge is 0.359 e. The van der Waals surface area contributed by atoms with Gasteiger partial charge in [-0.05, 0) is 6.07 Å². The third-order valence-electron chi connectivity index (χ3n) is 3.94. The zero-order chi connectivity index (χ0) is 21.1. The van der Waals surface area contributed by atoms with Crippen LogP contribution in [-0.2, 0) is 4.74 Å². The first-order chi connectivity index (χ1) is 13.9. The first-order valence-electron chi connectivity index (χ1n) is 8.14. The SMILES string of the molecule is COC(=O)c1nn(-c2cc(SCCO)c([N+](=O)[O-])cc2OC)c2cc(Cl)ncc12. The Balaban J connectivity index is 2.32. The highest BCUT2D eigenvalue weighted by Gasteiger charge is 2.25. The van der Waals surface area contributed by atoms with Gasteiger partial charge in [0.05, 0.1) is 47.6 Å². The number of nitro groups is 1. The summed E-state index contributed by atoms with van der Waals surface area (Å²) < 4.78 is 11.5. The first-order valence-corrected chi connectivity index (χ1v) is 9.50. The molecule has 12 heteroatoms. The van der Waals surface area contributed by atoms with Crippen LogP contribution in [-0.4, -0.2) is 57.3 Å². The summed E-state index contributed by atoms with van der Waals surface area (Å²) in [5, 5.41) is 25.4. The Bertz CT molecular complexity index is 1100. The summed E-state index contributed by atoms with van der Waals surface area (Å²) in [5.74, 6) is -0.247. The molecule has 2 aromatic heterocycles. The van der Waals surface area contributed by atoms with Crippen molar-refractivity contribution in [1.82, 2.24) is 14.8 Å². The Kier molecular flexibility index (Phi) is 6.20. The Morgan fingerprint density at radius 3 is 2.76 bits per heavy atom. The third-order valence-corrected chi connectivity index (χ3v) is 5.18. The maximum absolute atomic E-state index is 12.2. The molecule has 152 valence electrons. The van der Waals surface area contributed by atoms with Gasteiger partial charge in [-0.3, -0.25) is 10.1 Å². The molecule has 0 aliphatic carbocycles. The van der Waals surface area contributed by atoms with Crippen molar-refractivity contribution in [2.75, 3.05) is 26.6 Å². The zero-order valence-corrected chi connectivity index (χ0v) is 16.9. The second kappa shape index (κ2) is 8.64. The van der Waals surface area contributed by atoms with E-state index in [0.29, 0.717) is 21.5 Å². The van der Waals surface area contributed by atoms with Crippen molar-refractivity contribution < 1.29 is 24.3 Å². The molecular formula is C17H15ClN4O6S. The fourth-order valence-corrected chi connectivity index (χ4v) is 3.64. The van der Waals surface area contributed by atoms with Gasteiger partial charge in [0.2, 0.25) is 0 Å². The largest absolute Gasteiger partial charge is 0.494 e. The van der Waals surface area contributed by atoms with Gasteiger partial charge in [0.25, 0.3) is 5.69 Å². The number of nitrogens with zero attached hydrogens (tertiary/aromatic N) is 4. The van der Waals surface area contributed by atoms with Gasteiger partial charge >= 0.3 is 5.97 Å². The number of aliphatic hydroxyl groups excluding tert-OH is 1. The summed E-state index contributed by atoms with van der Waals surface area (Å²) in [4.78, 5) is 27.4. The minimum atomic E-state index is -0.673. The summed E-state index contributed by atoms with van der Waals surface area (Å²) in [7, 11) is 2.59. The van der Waals surface area contributed by atoms with Crippen molar-refractivity contribution >= 4 is 45.9 Å². The Hall–Kier alpha value is -2.89. The number of benzene rings is 1. The maximum Gasteiger partial charge on any atom is 0.359 e. The quantitative estimate of drug-likeness (QED) is 0.194. The zero-order valence-electron chi connectivity index (χ0n) is 15.3. The summed E-state index contributed by atoms with van der Waals surface area (Å²) in [5.41, 5.74) is 0.627. The fourth-order valence-electron chi connectivity index (χ4n) is 2.70. The number of carbonyl (C=O) groups excluding carboxylic acids is 1. The van der Waals surface area contributed by atoms with Gasteiger partial charge in [0.15, 0.2) is 11.4 Å². The second-order valence-corrected chi connectivity index (χ2v) is 7.12. The Labute approximate surface area is 173 Å². The molecule has 29 heavy (non-hydrogen) atoms. The Morgan fingerprint density at radius 2 is 2.14 bits per heavy atom. The van der Waals surface area contributed by atoms with E-state index < -0.39 is 10.9 Å². The number of carbonyl (C=O) groups is 1. The first kappa shape index (κ1) is 20.8. The van der Waals surface area contributed by atoms with E-state index in [9.17, 15) is 14.9 Å². The van der Waals surface area contributed by atoms with E-state index in [-0.39, 0.29) is 34.6 Å². The number of rotatable bonds is 7. The molecule has 3 aromatic rings. The molecule has 0 amide bonds.